The molecule has 0 atom stereocenters. The second-order valence-corrected chi connectivity index (χ2v) is 5.32. The summed E-state index contributed by atoms with van der Waals surface area (Å²) < 4.78 is 0. The number of halogens is 1. The lowest BCUT2D eigenvalue weighted by atomic mass is 10.1. The van der Waals surface area contributed by atoms with Gasteiger partial charge in [-0.15, -0.1) is 12.4 Å². The van der Waals surface area contributed by atoms with Crippen molar-refractivity contribution in [1.82, 2.24) is 9.88 Å². The average Bonchev–Trinajstić information content (AvgIpc) is 2.37. The van der Waals surface area contributed by atoms with Crippen LogP contribution in [0.25, 0.3) is 10.9 Å². The summed E-state index contributed by atoms with van der Waals surface area (Å²) in [6, 6.07) is 10.1. The number of hydrogen-bond acceptors (Lipinski definition) is 2. The summed E-state index contributed by atoms with van der Waals surface area (Å²) in [4.78, 5) is 18.8. The van der Waals surface area contributed by atoms with Gasteiger partial charge in [0.1, 0.15) is 0 Å². The number of carbonyl (C=O) groups excluding carboxylic acids is 1. The van der Waals surface area contributed by atoms with Crippen LogP contribution < -0.4 is 0 Å². The molecule has 2 aromatic rings. The van der Waals surface area contributed by atoms with E-state index < -0.39 is 0 Å². The van der Waals surface area contributed by atoms with Gasteiger partial charge in [-0.3, -0.25) is 9.78 Å². The highest BCUT2D eigenvalue weighted by atomic mass is 35.5. The molecular weight excluding hydrogens is 272 g/mol. The molecule has 0 aliphatic heterocycles. The molecule has 3 nitrogen and oxygen atoms in total. The molecule has 1 aromatic carbocycles. The smallest absolute Gasteiger partial charge is 0.255 e. The summed E-state index contributed by atoms with van der Waals surface area (Å²) in [6.45, 7) is 8.14. The number of carbonyl (C=O) groups is 1. The van der Waals surface area contributed by atoms with Crippen LogP contribution in [0.1, 0.15) is 38.1 Å². The lowest BCUT2D eigenvalue weighted by Gasteiger charge is -2.30. The summed E-state index contributed by atoms with van der Waals surface area (Å²) >= 11 is 0. The fourth-order valence-electron chi connectivity index (χ4n) is 2.40. The Balaban J connectivity index is 0.00000200. The molecule has 1 aromatic heterocycles. The van der Waals surface area contributed by atoms with Crippen molar-refractivity contribution in [3.05, 3.63) is 42.1 Å². The molecule has 0 bridgehead atoms. The van der Waals surface area contributed by atoms with Crippen LogP contribution in [0, 0.1) is 0 Å². The monoisotopic (exact) mass is 292 g/mol. The van der Waals surface area contributed by atoms with Gasteiger partial charge in [0.2, 0.25) is 0 Å². The van der Waals surface area contributed by atoms with Gasteiger partial charge in [-0.25, -0.2) is 0 Å². The molecule has 0 fully saturated rings. The third-order valence-corrected chi connectivity index (χ3v) is 3.18. The lowest BCUT2D eigenvalue weighted by Crippen LogP contribution is -2.42. The van der Waals surface area contributed by atoms with Crippen molar-refractivity contribution >= 4 is 29.2 Å². The van der Waals surface area contributed by atoms with Crippen molar-refractivity contribution in [1.29, 1.82) is 0 Å². The molecule has 0 aliphatic carbocycles. The average molecular weight is 293 g/mol. The van der Waals surface area contributed by atoms with Crippen LogP contribution in [0.3, 0.4) is 0 Å². The molecule has 1 amide bonds. The predicted octanol–water partition coefficient (Wildman–Crippen LogP) is 3.92. The van der Waals surface area contributed by atoms with Crippen LogP contribution in [0.2, 0.25) is 0 Å². The topological polar surface area (TPSA) is 33.2 Å². The quantitative estimate of drug-likeness (QED) is 0.859. The second kappa shape index (κ2) is 6.71. The molecule has 0 saturated heterocycles. The van der Waals surface area contributed by atoms with Crippen molar-refractivity contribution < 1.29 is 4.79 Å². The molecule has 0 spiro atoms. The van der Waals surface area contributed by atoms with Crippen LogP contribution in [0.15, 0.2) is 36.5 Å². The van der Waals surface area contributed by atoms with E-state index in [1.54, 1.807) is 6.20 Å². The Morgan fingerprint density at radius 2 is 1.70 bits per heavy atom. The lowest BCUT2D eigenvalue weighted by molar-refractivity contribution is 0.0643. The number of fused-ring (bicyclic) bond motifs is 1. The highest BCUT2D eigenvalue weighted by Crippen LogP contribution is 2.16. The summed E-state index contributed by atoms with van der Waals surface area (Å²) in [5, 5.41) is 1.00. The number of rotatable bonds is 3. The van der Waals surface area contributed by atoms with E-state index in [0.29, 0.717) is 5.56 Å². The first-order valence-electron chi connectivity index (χ1n) is 6.68. The fraction of sp³-hybridized carbons (Fsp3) is 0.375. The zero-order chi connectivity index (χ0) is 14.0. The molecule has 0 saturated carbocycles. The summed E-state index contributed by atoms with van der Waals surface area (Å²) in [6.07, 6.45) is 1.67. The van der Waals surface area contributed by atoms with Gasteiger partial charge in [0.05, 0.1) is 11.1 Å². The van der Waals surface area contributed by atoms with E-state index in [1.165, 1.54) is 0 Å². The van der Waals surface area contributed by atoms with Crippen molar-refractivity contribution in [2.24, 2.45) is 0 Å². The molecule has 0 radical (unpaired) electrons. The first-order chi connectivity index (χ1) is 9.00. The largest absolute Gasteiger partial charge is 0.334 e. The Morgan fingerprint density at radius 1 is 1.10 bits per heavy atom. The van der Waals surface area contributed by atoms with E-state index in [-0.39, 0.29) is 30.4 Å². The SMILES string of the molecule is CC(C)N(C(=O)c1cnc2ccccc2c1)C(C)C.Cl. The van der Waals surface area contributed by atoms with Gasteiger partial charge in [0.25, 0.3) is 5.91 Å². The molecule has 1 heterocycles. The minimum atomic E-state index is 0. The molecule has 0 unspecified atom stereocenters. The molecule has 108 valence electrons. The number of para-hydroxylation sites is 1. The Bertz CT molecular complexity index is 588. The molecule has 4 heteroatoms. The van der Waals surface area contributed by atoms with Gasteiger partial charge in [0, 0.05) is 23.7 Å². The van der Waals surface area contributed by atoms with E-state index in [1.807, 2.05) is 62.9 Å². The molecular formula is C16H21ClN2O. The normalized spacial score (nSPS) is 10.7. The number of pyridine rings is 1. The Kier molecular flexibility index (Phi) is 5.52. The van der Waals surface area contributed by atoms with E-state index in [0.717, 1.165) is 10.9 Å². The fourth-order valence-corrected chi connectivity index (χ4v) is 2.40. The summed E-state index contributed by atoms with van der Waals surface area (Å²) in [5.41, 5.74) is 1.57. The van der Waals surface area contributed by atoms with Gasteiger partial charge in [-0.1, -0.05) is 18.2 Å². The maximum absolute atomic E-state index is 12.6. The number of hydrogen-bond donors (Lipinski definition) is 0. The van der Waals surface area contributed by atoms with Crippen LogP contribution in [-0.4, -0.2) is 27.9 Å². The third kappa shape index (κ3) is 3.28. The number of benzene rings is 1. The number of amides is 1. The van der Waals surface area contributed by atoms with Crippen LogP contribution >= 0.6 is 12.4 Å². The van der Waals surface area contributed by atoms with Gasteiger partial charge < -0.3 is 4.90 Å². The Hall–Kier alpha value is -1.61. The van der Waals surface area contributed by atoms with Crippen molar-refractivity contribution in [3.63, 3.8) is 0 Å². The minimum absolute atomic E-state index is 0. The number of nitrogens with zero attached hydrogens (tertiary/aromatic N) is 2. The zero-order valence-electron chi connectivity index (χ0n) is 12.3. The Morgan fingerprint density at radius 3 is 2.30 bits per heavy atom. The predicted molar refractivity (Wildman–Crippen MR) is 85.4 cm³/mol. The zero-order valence-corrected chi connectivity index (χ0v) is 13.1. The van der Waals surface area contributed by atoms with Gasteiger partial charge in [-0.05, 0) is 39.8 Å². The number of aromatic nitrogens is 1. The van der Waals surface area contributed by atoms with Gasteiger partial charge in [-0.2, -0.15) is 0 Å². The molecule has 2 rings (SSSR count). The van der Waals surface area contributed by atoms with E-state index in [2.05, 4.69) is 4.98 Å². The molecule has 0 aliphatic rings. The standard InChI is InChI=1S/C16H20N2O.ClH/c1-11(2)18(12(3)4)16(19)14-9-13-7-5-6-8-15(13)17-10-14;/h5-12H,1-4H3;1H. The van der Waals surface area contributed by atoms with E-state index >= 15 is 0 Å². The highest BCUT2D eigenvalue weighted by molar-refractivity contribution is 5.97. The van der Waals surface area contributed by atoms with Crippen LogP contribution in [0.5, 0.6) is 0 Å². The van der Waals surface area contributed by atoms with Crippen molar-refractivity contribution in [2.75, 3.05) is 0 Å². The first-order valence-corrected chi connectivity index (χ1v) is 6.68. The summed E-state index contributed by atoms with van der Waals surface area (Å²) in [5.74, 6) is 0.0447. The van der Waals surface area contributed by atoms with E-state index in [9.17, 15) is 4.79 Å². The second-order valence-electron chi connectivity index (χ2n) is 5.32. The van der Waals surface area contributed by atoms with Crippen molar-refractivity contribution in [3.8, 4) is 0 Å². The minimum Gasteiger partial charge on any atom is -0.334 e. The molecule has 20 heavy (non-hydrogen) atoms. The third-order valence-electron chi connectivity index (χ3n) is 3.18. The highest BCUT2D eigenvalue weighted by Gasteiger charge is 2.21. The van der Waals surface area contributed by atoms with Crippen LogP contribution in [-0.2, 0) is 0 Å². The van der Waals surface area contributed by atoms with E-state index in [4.69, 9.17) is 0 Å². The maximum Gasteiger partial charge on any atom is 0.255 e. The van der Waals surface area contributed by atoms with Gasteiger partial charge >= 0.3 is 0 Å². The van der Waals surface area contributed by atoms with Crippen molar-refractivity contribution in [2.45, 2.75) is 39.8 Å². The first kappa shape index (κ1) is 16.4. The summed E-state index contributed by atoms with van der Waals surface area (Å²) in [7, 11) is 0. The molecule has 0 N–H and O–H groups in total. The van der Waals surface area contributed by atoms with Crippen LogP contribution in [0.4, 0.5) is 0 Å². The maximum atomic E-state index is 12.6. The Labute approximate surface area is 126 Å². The van der Waals surface area contributed by atoms with Gasteiger partial charge in [0.15, 0.2) is 0 Å².